The molecule has 0 radical (unpaired) electrons. The average molecular weight is 362 g/mol. The quantitative estimate of drug-likeness (QED) is 0.608. The largest absolute Gasteiger partial charge is 0.478 e. The van der Waals surface area contributed by atoms with Gasteiger partial charge in [0.25, 0.3) is 0 Å². The van der Waals surface area contributed by atoms with Crippen molar-refractivity contribution in [2.75, 3.05) is 0 Å². The molecule has 0 aliphatic heterocycles. The summed E-state index contributed by atoms with van der Waals surface area (Å²) in [7, 11) is 0. The molecule has 0 saturated carbocycles. The Balaban J connectivity index is 2.76. The van der Waals surface area contributed by atoms with Crippen LogP contribution in [0.25, 0.3) is 0 Å². The number of hydrogen-bond donors (Lipinski definition) is 4. The zero-order valence-electron chi connectivity index (χ0n) is 12.3. The molecule has 0 heterocycles. The van der Waals surface area contributed by atoms with Crippen molar-refractivity contribution in [2.45, 2.75) is 9.79 Å². The number of carbonyl (C=O) groups is 4. The standard InChI is InChI=1S/C16H10O8S/c17-13(18)7-3-1-4-8(14(19)20)11(7)25-12-9(15(21)22)5-2-6-10(12)16(23)24/h1-6H,(H,17,18)(H,19,20)(H,21,22)(H,23,24). The lowest BCUT2D eigenvalue weighted by atomic mass is 10.1. The van der Waals surface area contributed by atoms with E-state index in [2.05, 4.69) is 0 Å². The Morgan fingerprint density at radius 3 is 1.00 bits per heavy atom. The second-order valence-electron chi connectivity index (χ2n) is 4.69. The molecule has 2 aromatic carbocycles. The van der Waals surface area contributed by atoms with Crippen molar-refractivity contribution in [1.82, 2.24) is 0 Å². The maximum absolute atomic E-state index is 11.4. The van der Waals surface area contributed by atoms with Gasteiger partial charge in [-0.15, -0.1) is 0 Å². The van der Waals surface area contributed by atoms with Crippen LogP contribution < -0.4 is 0 Å². The molecule has 0 amide bonds. The topological polar surface area (TPSA) is 149 Å². The molecule has 0 spiro atoms. The Kier molecular flexibility index (Phi) is 5.08. The number of benzene rings is 2. The van der Waals surface area contributed by atoms with Gasteiger partial charge in [-0.2, -0.15) is 0 Å². The van der Waals surface area contributed by atoms with Crippen LogP contribution in [0.4, 0.5) is 0 Å². The van der Waals surface area contributed by atoms with Gasteiger partial charge in [-0.25, -0.2) is 19.2 Å². The molecule has 4 N–H and O–H groups in total. The Bertz CT molecular complexity index is 765. The van der Waals surface area contributed by atoms with Crippen LogP contribution in [0.3, 0.4) is 0 Å². The van der Waals surface area contributed by atoms with Crippen LogP contribution in [0.2, 0.25) is 0 Å². The summed E-state index contributed by atoms with van der Waals surface area (Å²) in [5, 5.41) is 37.1. The average Bonchev–Trinajstić information content (AvgIpc) is 2.54. The monoisotopic (exact) mass is 362 g/mol. The summed E-state index contributed by atoms with van der Waals surface area (Å²) in [6, 6.07) is 7.08. The Morgan fingerprint density at radius 1 is 0.560 bits per heavy atom. The first-order valence-electron chi connectivity index (χ1n) is 6.61. The van der Waals surface area contributed by atoms with E-state index in [1.54, 1.807) is 0 Å². The van der Waals surface area contributed by atoms with Crippen LogP contribution >= 0.6 is 11.8 Å². The van der Waals surface area contributed by atoms with Crippen molar-refractivity contribution in [3.05, 3.63) is 58.7 Å². The molecule has 0 aromatic heterocycles. The highest BCUT2D eigenvalue weighted by Crippen LogP contribution is 2.38. The predicted molar refractivity (Wildman–Crippen MR) is 84.8 cm³/mol. The fourth-order valence-electron chi connectivity index (χ4n) is 2.07. The minimum Gasteiger partial charge on any atom is -0.478 e. The lowest BCUT2D eigenvalue weighted by molar-refractivity contribution is 0.0670. The van der Waals surface area contributed by atoms with E-state index in [0.29, 0.717) is 11.8 Å². The highest BCUT2D eigenvalue weighted by molar-refractivity contribution is 7.99. The van der Waals surface area contributed by atoms with Crippen LogP contribution in [0, 0.1) is 0 Å². The van der Waals surface area contributed by atoms with E-state index in [-0.39, 0.29) is 32.0 Å². The number of aromatic carboxylic acids is 4. The first kappa shape index (κ1) is 18.0. The van der Waals surface area contributed by atoms with Crippen molar-refractivity contribution in [3.63, 3.8) is 0 Å². The highest BCUT2D eigenvalue weighted by Gasteiger charge is 2.25. The minimum atomic E-state index is -1.42. The maximum atomic E-state index is 11.4. The number of carboxylic acid groups (broad SMARTS) is 4. The fourth-order valence-corrected chi connectivity index (χ4v) is 3.34. The molecule has 25 heavy (non-hydrogen) atoms. The maximum Gasteiger partial charge on any atom is 0.336 e. The van der Waals surface area contributed by atoms with Gasteiger partial charge in [-0.05, 0) is 24.3 Å². The second-order valence-corrected chi connectivity index (χ2v) is 5.71. The molecule has 0 bridgehead atoms. The fraction of sp³-hybridized carbons (Fsp3) is 0. The zero-order valence-corrected chi connectivity index (χ0v) is 13.1. The lowest BCUT2D eigenvalue weighted by Crippen LogP contribution is -2.09. The van der Waals surface area contributed by atoms with Gasteiger partial charge in [-0.3, -0.25) is 0 Å². The van der Waals surface area contributed by atoms with Crippen molar-refractivity contribution < 1.29 is 39.6 Å². The van der Waals surface area contributed by atoms with Crippen LogP contribution in [-0.4, -0.2) is 44.3 Å². The summed E-state index contributed by atoms with van der Waals surface area (Å²) in [6.45, 7) is 0. The molecule has 8 nitrogen and oxygen atoms in total. The predicted octanol–water partition coefficient (Wildman–Crippen LogP) is 2.63. The molecule has 0 atom stereocenters. The van der Waals surface area contributed by atoms with E-state index >= 15 is 0 Å². The molecule has 0 unspecified atom stereocenters. The molecule has 128 valence electrons. The van der Waals surface area contributed by atoms with Gasteiger partial charge in [0.15, 0.2) is 0 Å². The number of carboxylic acids is 4. The minimum absolute atomic E-state index is 0.251. The van der Waals surface area contributed by atoms with Gasteiger partial charge in [-0.1, -0.05) is 23.9 Å². The van der Waals surface area contributed by atoms with Crippen molar-refractivity contribution in [3.8, 4) is 0 Å². The van der Waals surface area contributed by atoms with Gasteiger partial charge in [0.2, 0.25) is 0 Å². The summed E-state index contributed by atoms with van der Waals surface area (Å²) < 4.78 is 0. The molecule has 0 aliphatic carbocycles. The van der Waals surface area contributed by atoms with Gasteiger partial charge < -0.3 is 20.4 Å². The molecule has 0 saturated heterocycles. The summed E-state index contributed by atoms with van der Waals surface area (Å²) in [4.78, 5) is 45.0. The summed E-state index contributed by atoms with van der Waals surface area (Å²) in [5.41, 5.74) is -1.49. The number of rotatable bonds is 6. The molecule has 2 aromatic rings. The van der Waals surface area contributed by atoms with E-state index in [1.165, 1.54) is 12.1 Å². The van der Waals surface area contributed by atoms with E-state index < -0.39 is 23.9 Å². The second kappa shape index (κ2) is 7.05. The van der Waals surface area contributed by atoms with E-state index in [4.69, 9.17) is 0 Å². The SMILES string of the molecule is O=C(O)c1cccc(C(=O)O)c1Sc1c(C(=O)O)cccc1C(=O)O. The first-order valence-corrected chi connectivity index (χ1v) is 7.42. The molecule has 0 fully saturated rings. The first-order chi connectivity index (χ1) is 11.7. The third-order valence-corrected chi connectivity index (χ3v) is 4.44. The lowest BCUT2D eigenvalue weighted by Gasteiger charge is -2.13. The van der Waals surface area contributed by atoms with Crippen LogP contribution in [0.1, 0.15) is 41.4 Å². The summed E-state index contributed by atoms with van der Waals surface area (Å²) in [5.74, 6) is -5.68. The highest BCUT2D eigenvalue weighted by atomic mass is 32.2. The van der Waals surface area contributed by atoms with Gasteiger partial charge in [0.05, 0.1) is 22.3 Å². The third-order valence-electron chi connectivity index (χ3n) is 3.16. The van der Waals surface area contributed by atoms with Crippen LogP contribution in [0.15, 0.2) is 46.2 Å². The molecule has 9 heteroatoms. The van der Waals surface area contributed by atoms with E-state index in [1.807, 2.05) is 0 Å². The van der Waals surface area contributed by atoms with Gasteiger partial charge in [0.1, 0.15) is 0 Å². The van der Waals surface area contributed by atoms with Crippen molar-refractivity contribution in [1.29, 1.82) is 0 Å². The zero-order chi connectivity index (χ0) is 18.7. The van der Waals surface area contributed by atoms with Crippen LogP contribution in [-0.2, 0) is 0 Å². The van der Waals surface area contributed by atoms with E-state index in [9.17, 15) is 39.6 Å². The molecule has 2 rings (SSSR count). The molecule has 0 aliphatic rings. The Hall–Kier alpha value is -3.33. The Morgan fingerprint density at radius 2 is 0.800 bits per heavy atom. The third kappa shape index (κ3) is 3.61. The Labute approximate surface area is 144 Å². The summed E-state index contributed by atoms with van der Waals surface area (Å²) >= 11 is 0.484. The van der Waals surface area contributed by atoms with E-state index in [0.717, 1.165) is 24.3 Å². The molecular formula is C16H10O8S. The van der Waals surface area contributed by atoms with Crippen molar-refractivity contribution >= 4 is 35.6 Å². The smallest absolute Gasteiger partial charge is 0.336 e. The normalized spacial score (nSPS) is 10.2. The summed E-state index contributed by atoms with van der Waals surface area (Å²) in [6.07, 6.45) is 0. The van der Waals surface area contributed by atoms with Crippen LogP contribution in [0.5, 0.6) is 0 Å². The van der Waals surface area contributed by atoms with Crippen molar-refractivity contribution in [2.24, 2.45) is 0 Å². The number of hydrogen-bond acceptors (Lipinski definition) is 5. The van der Waals surface area contributed by atoms with Gasteiger partial charge in [0, 0.05) is 9.79 Å². The molecular weight excluding hydrogens is 352 g/mol. The van der Waals surface area contributed by atoms with Gasteiger partial charge >= 0.3 is 23.9 Å².